The second-order valence-electron chi connectivity index (χ2n) is 7.80. The number of carbonyl (C=O) groups is 1. The quantitative estimate of drug-likeness (QED) is 0.727. The predicted octanol–water partition coefficient (Wildman–Crippen LogP) is 3.94. The molecule has 5 heteroatoms. The smallest absolute Gasteiger partial charge is 0.225 e. The third-order valence-corrected chi connectivity index (χ3v) is 5.61. The number of rotatable bonds is 7. The molecular formula is C22H32N2O3. The molecule has 2 saturated heterocycles. The zero-order chi connectivity index (χ0) is 19.1. The molecule has 3 heterocycles. The van der Waals surface area contributed by atoms with Crippen LogP contribution in [0.1, 0.15) is 51.5 Å². The average molecular weight is 373 g/mol. The molecule has 2 atom stereocenters. The van der Waals surface area contributed by atoms with Crippen molar-refractivity contribution >= 4 is 12.0 Å². The van der Waals surface area contributed by atoms with Crippen molar-refractivity contribution in [3.8, 4) is 5.75 Å². The Balaban J connectivity index is 1.50. The molecule has 0 bridgehead atoms. The van der Waals surface area contributed by atoms with Crippen molar-refractivity contribution in [3.63, 3.8) is 0 Å². The van der Waals surface area contributed by atoms with Crippen LogP contribution in [0.2, 0.25) is 0 Å². The summed E-state index contributed by atoms with van der Waals surface area (Å²) in [6.45, 7) is 7.33. The van der Waals surface area contributed by atoms with E-state index in [0.29, 0.717) is 25.7 Å². The van der Waals surface area contributed by atoms with E-state index in [1.54, 1.807) is 6.20 Å². The molecule has 1 aromatic heterocycles. The molecule has 0 unspecified atom stereocenters. The second-order valence-corrected chi connectivity index (χ2v) is 7.80. The SMILES string of the molecule is CC[C@@H](C)C/C=C/c1cncc(O[C@@H]2CCN(C(=O)C3CCOCC3)C2)c1. The zero-order valence-electron chi connectivity index (χ0n) is 16.6. The van der Waals surface area contributed by atoms with Gasteiger partial charge >= 0.3 is 0 Å². The average Bonchev–Trinajstić information content (AvgIpc) is 3.16. The van der Waals surface area contributed by atoms with E-state index in [1.807, 2.05) is 17.2 Å². The van der Waals surface area contributed by atoms with Crippen LogP contribution >= 0.6 is 0 Å². The minimum absolute atomic E-state index is 0.0509. The van der Waals surface area contributed by atoms with Crippen LogP contribution in [0.3, 0.4) is 0 Å². The van der Waals surface area contributed by atoms with Gasteiger partial charge in [0.05, 0.1) is 12.7 Å². The van der Waals surface area contributed by atoms with Gasteiger partial charge in [-0.05, 0) is 36.8 Å². The van der Waals surface area contributed by atoms with E-state index in [2.05, 4.69) is 31.0 Å². The molecule has 5 nitrogen and oxygen atoms in total. The summed E-state index contributed by atoms with van der Waals surface area (Å²) in [5, 5.41) is 0. The molecule has 0 saturated carbocycles. The van der Waals surface area contributed by atoms with Gasteiger partial charge in [-0.15, -0.1) is 0 Å². The Morgan fingerprint density at radius 3 is 2.96 bits per heavy atom. The summed E-state index contributed by atoms with van der Waals surface area (Å²) in [7, 11) is 0. The third kappa shape index (κ3) is 5.80. The van der Waals surface area contributed by atoms with Crippen LogP contribution < -0.4 is 4.74 Å². The Morgan fingerprint density at radius 1 is 1.37 bits per heavy atom. The molecule has 0 aliphatic carbocycles. The number of likely N-dealkylation sites (tertiary alicyclic amines) is 1. The lowest BCUT2D eigenvalue weighted by Gasteiger charge is -2.26. The molecule has 27 heavy (non-hydrogen) atoms. The standard InChI is InChI=1S/C22H32N2O3/c1-3-17(2)5-4-6-18-13-21(15-23-14-18)27-20-7-10-24(16-20)22(25)19-8-11-26-12-9-19/h4,6,13-15,17,19-20H,3,5,7-12,16H2,1-2H3/b6-4+/t17-,20-/m1/s1. The molecule has 0 aromatic carbocycles. The van der Waals surface area contributed by atoms with E-state index < -0.39 is 0 Å². The van der Waals surface area contributed by atoms with Crippen LogP contribution in [0, 0.1) is 11.8 Å². The molecule has 2 aliphatic rings. The van der Waals surface area contributed by atoms with E-state index in [4.69, 9.17) is 9.47 Å². The Hall–Kier alpha value is -1.88. The van der Waals surface area contributed by atoms with Gasteiger partial charge < -0.3 is 14.4 Å². The first-order valence-corrected chi connectivity index (χ1v) is 10.3. The van der Waals surface area contributed by atoms with Crippen molar-refractivity contribution in [2.45, 2.75) is 52.1 Å². The van der Waals surface area contributed by atoms with Crippen molar-refractivity contribution in [1.82, 2.24) is 9.88 Å². The summed E-state index contributed by atoms with van der Waals surface area (Å²) in [5.41, 5.74) is 1.06. The van der Waals surface area contributed by atoms with E-state index in [0.717, 1.165) is 43.5 Å². The Morgan fingerprint density at radius 2 is 2.19 bits per heavy atom. The third-order valence-electron chi connectivity index (χ3n) is 5.61. The number of hydrogen-bond acceptors (Lipinski definition) is 4. The predicted molar refractivity (Wildman–Crippen MR) is 106 cm³/mol. The monoisotopic (exact) mass is 372 g/mol. The number of aromatic nitrogens is 1. The molecule has 148 valence electrons. The second kappa shape index (κ2) is 9.88. The number of nitrogens with zero attached hydrogens (tertiary/aromatic N) is 2. The Kier molecular flexibility index (Phi) is 7.27. The fourth-order valence-corrected chi connectivity index (χ4v) is 3.61. The number of hydrogen-bond donors (Lipinski definition) is 0. The fraction of sp³-hybridized carbons (Fsp3) is 0.636. The Bertz CT molecular complexity index is 640. The van der Waals surface area contributed by atoms with E-state index >= 15 is 0 Å². The first kappa shape index (κ1) is 19.9. The van der Waals surface area contributed by atoms with Crippen LogP contribution in [0.4, 0.5) is 0 Å². The van der Waals surface area contributed by atoms with Crippen molar-refractivity contribution in [2.75, 3.05) is 26.3 Å². The van der Waals surface area contributed by atoms with Crippen molar-refractivity contribution in [1.29, 1.82) is 0 Å². The van der Waals surface area contributed by atoms with Crippen molar-refractivity contribution < 1.29 is 14.3 Å². The van der Waals surface area contributed by atoms with E-state index in [9.17, 15) is 4.79 Å². The summed E-state index contributed by atoms with van der Waals surface area (Å²) in [6.07, 6.45) is 12.8. The van der Waals surface area contributed by atoms with Gasteiger partial charge in [0.15, 0.2) is 0 Å². The highest BCUT2D eigenvalue weighted by Crippen LogP contribution is 2.23. The van der Waals surface area contributed by atoms with Crippen LogP contribution in [0.15, 0.2) is 24.5 Å². The summed E-state index contributed by atoms with van der Waals surface area (Å²) in [6, 6.07) is 2.03. The molecule has 2 aliphatic heterocycles. The van der Waals surface area contributed by atoms with Gasteiger partial charge in [-0.25, -0.2) is 0 Å². The Labute approximate surface area is 162 Å². The molecule has 1 amide bonds. The molecule has 0 spiro atoms. The van der Waals surface area contributed by atoms with E-state index in [-0.39, 0.29) is 17.9 Å². The number of amides is 1. The first-order valence-electron chi connectivity index (χ1n) is 10.3. The maximum absolute atomic E-state index is 12.6. The fourth-order valence-electron chi connectivity index (χ4n) is 3.61. The molecule has 0 radical (unpaired) electrons. The minimum Gasteiger partial charge on any atom is -0.487 e. The number of pyridine rings is 1. The lowest BCUT2D eigenvalue weighted by Crippen LogP contribution is -2.38. The number of ether oxygens (including phenoxy) is 2. The van der Waals surface area contributed by atoms with Gasteiger partial charge in [0.25, 0.3) is 0 Å². The normalized spacial score (nSPS) is 22.3. The zero-order valence-corrected chi connectivity index (χ0v) is 16.6. The minimum atomic E-state index is 0.0509. The lowest BCUT2D eigenvalue weighted by molar-refractivity contribution is -0.137. The van der Waals surface area contributed by atoms with Gasteiger partial charge in [0.1, 0.15) is 11.9 Å². The van der Waals surface area contributed by atoms with Crippen LogP contribution in [-0.4, -0.2) is 48.2 Å². The molecule has 1 aromatic rings. The van der Waals surface area contributed by atoms with Crippen LogP contribution in [0.25, 0.3) is 6.08 Å². The summed E-state index contributed by atoms with van der Waals surface area (Å²) >= 11 is 0. The summed E-state index contributed by atoms with van der Waals surface area (Å²) in [5.74, 6) is 1.87. The van der Waals surface area contributed by atoms with Gasteiger partial charge in [-0.3, -0.25) is 9.78 Å². The molecule has 0 N–H and O–H groups in total. The van der Waals surface area contributed by atoms with Crippen molar-refractivity contribution in [2.24, 2.45) is 11.8 Å². The largest absolute Gasteiger partial charge is 0.487 e. The number of carbonyl (C=O) groups excluding carboxylic acids is 1. The van der Waals surface area contributed by atoms with Gasteiger partial charge in [0.2, 0.25) is 5.91 Å². The molecular weight excluding hydrogens is 340 g/mol. The highest BCUT2D eigenvalue weighted by atomic mass is 16.5. The highest BCUT2D eigenvalue weighted by molar-refractivity contribution is 5.79. The molecule has 3 rings (SSSR count). The topological polar surface area (TPSA) is 51.7 Å². The van der Waals surface area contributed by atoms with Crippen LogP contribution in [0.5, 0.6) is 5.75 Å². The first-order chi connectivity index (χ1) is 13.2. The van der Waals surface area contributed by atoms with Gasteiger partial charge in [-0.2, -0.15) is 0 Å². The molecule has 2 fully saturated rings. The maximum Gasteiger partial charge on any atom is 0.225 e. The van der Waals surface area contributed by atoms with E-state index in [1.165, 1.54) is 6.42 Å². The van der Waals surface area contributed by atoms with Crippen LogP contribution in [-0.2, 0) is 9.53 Å². The summed E-state index contributed by atoms with van der Waals surface area (Å²) in [4.78, 5) is 18.9. The summed E-state index contributed by atoms with van der Waals surface area (Å²) < 4.78 is 11.5. The maximum atomic E-state index is 12.6. The van der Waals surface area contributed by atoms with Crippen molar-refractivity contribution in [3.05, 3.63) is 30.1 Å². The highest BCUT2D eigenvalue weighted by Gasteiger charge is 2.32. The van der Waals surface area contributed by atoms with Gasteiger partial charge in [0, 0.05) is 38.3 Å². The number of allylic oxidation sites excluding steroid dienone is 1. The lowest BCUT2D eigenvalue weighted by atomic mass is 9.99. The van der Waals surface area contributed by atoms with Gasteiger partial charge in [-0.1, -0.05) is 32.4 Å².